The van der Waals surface area contributed by atoms with Crippen molar-refractivity contribution in [1.29, 1.82) is 0 Å². The van der Waals surface area contributed by atoms with Crippen molar-refractivity contribution in [3.8, 4) is 0 Å². The molecule has 0 aromatic rings. The van der Waals surface area contributed by atoms with Crippen molar-refractivity contribution in [1.82, 2.24) is 5.43 Å². The predicted octanol–water partition coefficient (Wildman–Crippen LogP) is 2.56. The lowest BCUT2D eigenvalue weighted by Gasteiger charge is -2.41. The second-order valence-electron chi connectivity index (χ2n) is 6.33. The summed E-state index contributed by atoms with van der Waals surface area (Å²) in [7, 11) is 0. The van der Waals surface area contributed by atoms with E-state index in [2.05, 4.69) is 19.3 Å². The summed E-state index contributed by atoms with van der Waals surface area (Å²) in [5, 5.41) is 0. The van der Waals surface area contributed by atoms with Gasteiger partial charge in [0.2, 0.25) is 0 Å². The third-order valence-corrected chi connectivity index (χ3v) is 5.66. The molecule has 0 radical (unpaired) electrons. The molecule has 2 aliphatic rings. The van der Waals surface area contributed by atoms with Crippen molar-refractivity contribution >= 4 is 11.8 Å². The number of rotatable bonds is 5. The zero-order valence-corrected chi connectivity index (χ0v) is 12.6. The summed E-state index contributed by atoms with van der Waals surface area (Å²) < 4.78 is 6.09. The molecule has 0 aliphatic carbocycles. The first-order valence-electron chi connectivity index (χ1n) is 7.33. The molecule has 2 aliphatic heterocycles. The van der Waals surface area contributed by atoms with E-state index in [1.807, 2.05) is 11.8 Å². The van der Waals surface area contributed by atoms with E-state index in [1.54, 1.807) is 0 Å². The highest BCUT2D eigenvalue weighted by molar-refractivity contribution is 7.99. The van der Waals surface area contributed by atoms with Crippen LogP contribution in [-0.2, 0) is 4.74 Å². The van der Waals surface area contributed by atoms with E-state index in [1.165, 1.54) is 43.6 Å². The van der Waals surface area contributed by atoms with Gasteiger partial charge in [0.1, 0.15) is 0 Å². The third kappa shape index (κ3) is 3.62. The molecule has 3 unspecified atom stereocenters. The van der Waals surface area contributed by atoms with Crippen LogP contribution in [0.25, 0.3) is 0 Å². The first kappa shape index (κ1) is 14.6. The van der Waals surface area contributed by atoms with Gasteiger partial charge < -0.3 is 4.74 Å². The van der Waals surface area contributed by atoms with Gasteiger partial charge in [0.05, 0.1) is 5.60 Å². The first-order chi connectivity index (χ1) is 8.65. The SMILES string of the molecule is CC(C)CCC(NN)C1CCOC2(CCSC2)C1. The number of nitrogens with two attached hydrogens (primary N) is 1. The van der Waals surface area contributed by atoms with Gasteiger partial charge in [0.15, 0.2) is 0 Å². The van der Waals surface area contributed by atoms with Gasteiger partial charge in [0, 0.05) is 18.4 Å². The molecule has 1 spiro atoms. The van der Waals surface area contributed by atoms with Crippen molar-refractivity contribution in [3.05, 3.63) is 0 Å². The van der Waals surface area contributed by atoms with Gasteiger partial charge in [-0.15, -0.1) is 0 Å². The van der Waals surface area contributed by atoms with Crippen LogP contribution in [0.3, 0.4) is 0 Å². The standard InChI is InChI=1S/C14H28N2OS/c1-11(2)3-4-13(16-15)12-5-7-17-14(9-12)6-8-18-10-14/h11-13,16H,3-10,15H2,1-2H3. The van der Waals surface area contributed by atoms with Crippen LogP contribution >= 0.6 is 11.8 Å². The Bertz CT molecular complexity index is 254. The lowest BCUT2D eigenvalue weighted by Crippen LogP contribution is -2.49. The molecule has 3 atom stereocenters. The van der Waals surface area contributed by atoms with Gasteiger partial charge in [-0.3, -0.25) is 11.3 Å². The second-order valence-corrected chi connectivity index (χ2v) is 7.44. The van der Waals surface area contributed by atoms with E-state index >= 15 is 0 Å². The molecule has 2 saturated heterocycles. The van der Waals surface area contributed by atoms with Crippen LogP contribution < -0.4 is 11.3 Å². The van der Waals surface area contributed by atoms with Crippen molar-refractivity contribution in [3.63, 3.8) is 0 Å². The first-order valence-corrected chi connectivity index (χ1v) is 8.48. The van der Waals surface area contributed by atoms with Crippen molar-refractivity contribution in [2.24, 2.45) is 17.7 Å². The van der Waals surface area contributed by atoms with E-state index in [4.69, 9.17) is 10.6 Å². The maximum Gasteiger partial charge on any atom is 0.0783 e. The van der Waals surface area contributed by atoms with Crippen molar-refractivity contribution in [2.45, 2.75) is 57.6 Å². The van der Waals surface area contributed by atoms with Gasteiger partial charge in [0.25, 0.3) is 0 Å². The van der Waals surface area contributed by atoms with Crippen molar-refractivity contribution in [2.75, 3.05) is 18.1 Å². The van der Waals surface area contributed by atoms with Crippen LogP contribution in [0.4, 0.5) is 0 Å². The summed E-state index contributed by atoms with van der Waals surface area (Å²) in [6.07, 6.45) is 6.05. The predicted molar refractivity (Wildman–Crippen MR) is 78.5 cm³/mol. The number of nitrogens with one attached hydrogen (secondary N) is 1. The summed E-state index contributed by atoms with van der Waals surface area (Å²) in [5.41, 5.74) is 3.25. The normalized spacial score (nSPS) is 34.3. The minimum atomic E-state index is 0.181. The van der Waals surface area contributed by atoms with Gasteiger partial charge >= 0.3 is 0 Å². The Balaban J connectivity index is 1.89. The lowest BCUT2D eigenvalue weighted by molar-refractivity contribution is -0.0857. The number of hydrazine groups is 1. The second kappa shape index (κ2) is 6.60. The molecule has 0 saturated carbocycles. The van der Waals surface area contributed by atoms with E-state index in [-0.39, 0.29) is 5.60 Å². The Morgan fingerprint density at radius 2 is 2.28 bits per heavy atom. The minimum absolute atomic E-state index is 0.181. The number of thioether (sulfide) groups is 1. The average Bonchev–Trinajstić information content (AvgIpc) is 2.78. The largest absolute Gasteiger partial charge is 0.374 e. The minimum Gasteiger partial charge on any atom is -0.374 e. The third-order valence-electron chi connectivity index (χ3n) is 4.44. The van der Waals surface area contributed by atoms with Crippen LogP contribution in [-0.4, -0.2) is 29.8 Å². The van der Waals surface area contributed by atoms with Gasteiger partial charge in [-0.25, -0.2) is 0 Å². The van der Waals surface area contributed by atoms with E-state index in [9.17, 15) is 0 Å². The molecular formula is C14H28N2OS. The fraction of sp³-hybridized carbons (Fsp3) is 1.00. The van der Waals surface area contributed by atoms with Crippen molar-refractivity contribution < 1.29 is 4.74 Å². The number of ether oxygens (including phenoxy) is 1. The zero-order valence-electron chi connectivity index (χ0n) is 11.8. The molecule has 106 valence electrons. The van der Waals surface area contributed by atoms with Crippen LogP contribution in [0.1, 0.15) is 46.0 Å². The molecule has 0 bridgehead atoms. The summed E-state index contributed by atoms with van der Waals surface area (Å²) in [4.78, 5) is 0. The summed E-state index contributed by atoms with van der Waals surface area (Å²) in [6.45, 7) is 5.49. The van der Waals surface area contributed by atoms with Crippen LogP contribution in [0.2, 0.25) is 0 Å². The molecule has 0 amide bonds. The fourth-order valence-electron chi connectivity index (χ4n) is 3.24. The maximum absolute atomic E-state index is 6.09. The summed E-state index contributed by atoms with van der Waals surface area (Å²) in [5.74, 6) is 9.69. The Morgan fingerprint density at radius 3 is 2.89 bits per heavy atom. The van der Waals surface area contributed by atoms with Gasteiger partial charge in [-0.1, -0.05) is 13.8 Å². The topological polar surface area (TPSA) is 47.3 Å². The van der Waals surface area contributed by atoms with Gasteiger partial charge in [-0.2, -0.15) is 11.8 Å². The van der Waals surface area contributed by atoms with Crippen LogP contribution in [0, 0.1) is 11.8 Å². The summed E-state index contributed by atoms with van der Waals surface area (Å²) >= 11 is 2.04. The molecule has 2 fully saturated rings. The molecule has 4 heteroatoms. The average molecular weight is 272 g/mol. The number of hydrogen-bond acceptors (Lipinski definition) is 4. The Labute approximate surface area is 116 Å². The highest BCUT2D eigenvalue weighted by Gasteiger charge is 2.42. The Morgan fingerprint density at radius 1 is 1.44 bits per heavy atom. The molecule has 18 heavy (non-hydrogen) atoms. The van der Waals surface area contributed by atoms with E-state index in [0.29, 0.717) is 12.0 Å². The number of hydrogen-bond donors (Lipinski definition) is 2. The Hall–Kier alpha value is 0.230. The lowest BCUT2D eigenvalue weighted by atomic mass is 9.79. The molecule has 2 rings (SSSR count). The molecule has 2 heterocycles. The van der Waals surface area contributed by atoms with Gasteiger partial charge in [-0.05, 0) is 49.7 Å². The van der Waals surface area contributed by atoms with Crippen LogP contribution in [0.5, 0.6) is 0 Å². The quantitative estimate of drug-likeness (QED) is 0.596. The van der Waals surface area contributed by atoms with E-state index < -0.39 is 0 Å². The van der Waals surface area contributed by atoms with E-state index in [0.717, 1.165) is 12.5 Å². The molecule has 0 aromatic heterocycles. The fourth-order valence-corrected chi connectivity index (χ4v) is 4.62. The molecule has 3 N–H and O–H groups in total. The highest BCUT2D eigenvalue weighted by Crippen LogP contribution is 2.41. The Kier molecular flexibility index (Phi) is 5.36. The summed E-state index contributed by atoms with van der Waals surface area (Å²) in [6, 6.07) is 0.471. The monoisotopic (exact) mass is 272 g/mol. The molecule has 0 aromatic carbocycles. The maximum atomic E-state index is 6.09. The highest BCUT2D eigenvalue weighted by atomic mass is 32.2. The van der Waals surface area contributed by atoms with Crippen LogP contribution in [0.15, 0.2) is 0 Å². The zero-order chi connectivity index (χ0) is 13.0. The smallest absolute Gasteiger partial charge is 0.0783 e. The molecular weight excluding hydrogens is 244 g/mol. The molecule has 3 nitrogen and oxygen atoms in total.